The number of hydrogen-bond donors (Lipinski definition) is 2. The molecule has 0 radical (unpaired) electrons. The number of rotatable bonds is 9. The maximum absolute atomic E-state index is 13.6. The third-order valence-corrected chi connectivity index (χ3v) is 10.0. The van der Waals surface area contributed by atoms with E-state index in [9.17, 15) is 34.8 Å². The van der Waals surface area contributed by atoms with Gasteiger partial charge in [0.2, 0.25) is 5.91 Å². The molecular weight excluding hydrogens is 627 g/mol. The number of fused-ring (bicyclic) bond motifs is 1. The number of sulfonamides is 2. The topological polar surface area (TPSA) is 113 Å². The van der Waals surface area contributed by atoms with Crippen LogP contribution in [0, 0.1) is 6.92 Å². The van der Waals surface area contributed by atoms with E-state index in [0.29, 0.717) is 21.4 Å². The van der Waals surface area contributed by atoms with Gasteiger partial charge in [-0.3, -0.25) is 13.8 Å². The van der Waals surface area contributed by atoms with E-state index >= 15 is 0 Å². The zero-order valence-corrected chi connectivity index (χ0v) is 25.2. The van der Waals surface area contributed by atoms with E-state index in [2.05, 4.69) is 10.0 Å². The summed E-state index contributed by atoms with van der Waals surface area (Å²) in [6.45, 7) is 0.880. The molecule has 232 valence electrons. The molecule has 5 aromatic carbocycles. The minimum Gasteiger partial charge on any atom is -0.325 e. The summed E-state index contributed by atoms with van der Waals surface area (Å²) in [5, 5.41) is 4.04. The van der Waals surface area contributed by atoms with Gasteiger partial charge in [-0.25, -0.2) is 16.8 Å². The Kier molecular flexibility index (Phi) is 8.59. The first-order valence-electron chi connectivity index (χ1n) is 13.4. The van der Waals surface area contributed by atoms with Crippen molar-refractivity contribution in [2.45, 2.75) is 22.9 Å². The van der Waals surface area contributed by atoms with Gasteiger partial charge in [-0.1, -0.05) is 60.2 Å². The van der Waals surface area contributed by atoms with Crippen molar-refractivity contribution in [2.75, 3.05) is 20.9 Å². The predicted octanol–water partition coefficient (Wildman–Crippen LogP) is 6.80. The molecule has 45 heavy (non-hydrogen) atoms. The molecule has 0 aliphatic carbocycles. The highest BCUT2D eigenvalue weighted by molar-refractivity contribution is 7.93. The first kappa shape index (κ1) is 31.5. The van der Waals surface area contributed by atoms with E-state index in [1.165, 1.54) is 48.5 Å². The molecule has 0 unspecified atom stereocenters. The summed E-state index contributed by atoms with van der Waals surface area (Å²) in [5.74, 6) is -0.868. The number of aryl methyl sites for hydroxylation is 1. The summed E-state index contributed by atoms with van der Waals surface area (Å²) in [6, 6.07) is 27.0. The summed E-state index contributed by atoms with van der Waals surface area (Å²) in [7, 11) is -8.49. The second-order valence-electron chi connectivity index (χ2n) is 10.1. The molecule has 5 rings (SSSR count). The van der Waals surface area contributed by atoms with Gasteiger partial charge in [0.25, 0.3) is 20.0 Å². The molecule has 0 aliphatic rings. The first-order valence-corrected chi connectivity index (χ1v) is 16.3. The first-order chi connectivity index (χ1) is 21.2. The lowest BCUT2D eigenvalue weighted by molar-refractivity contribution is -0.137. The van der Waals surface area contributed by atoms with E-state index in [1.54, 1.807) is 31.2 Å². The van der Waals surface area contributed by atoms with Gasteiger partial charge in [-0.05, 0) is 73.0 Å². The van der Waals surface area contributed by atoms with Crippen LogP contribution in [0.4, 0.5) is 30.2 Å². The Labute approximate surface area is 258 Å². The van der Waals surface area contributed by atoms with Gasteiger partial charge in [0, 0.05) is 11.1 Å². The SMILES string of the molecule is Cc1ccc(S(=O)(=O)N(CC(=O)Nc2ccc(S(=O)(=O)Nc3cccc4ccccc34)cc2)c2cccc(C(F)(F)F)c2)cc1. The van der Waals surface area contributed by atoms with Crippen LogP contribution in [0.5, 0.6) is 0 Å². The van der Waals surface area contributed by atoms with Crippen LogP contribution < -0.4 is 14.3 Å². The van der Waals surface area contributed by atoms with Crippen LogP contribution in [0.2, 0.25) is 0 Å². The van der Waals surface area contributed by atoms with Gasteiger partial charge in [0.1, 0.15) is 6.54 Å². The Bertz CT molecular complexity index is 2080. The van der Waals surface area contributed by atoms with Gasteiger partial charge in [0.05, 0.1) is 26.7 Å². The minimum atomic E-state index is -4.75. The van der Waals surface area contributed by atoms with Crippen molar-refractivity contribution in [1.29, 1.82) is 0 Å². The lowest BCUT2D eigenvalue weighted by Crippen LogP contribution is -2.38. The van der Waals surface area contributed by atoms with Crippen molar-refractivity contribution in [3.63, 3.8) is 0 Å². The lowest BCUT2D eigenvalue weighted by Gasteiger charge is -2.25. The van der Waals surface area contributed by atoms with Crippen molar-refractivity contribution in [3.05, 3.63) is 126 Å². The number of carbonyl (C=O) groups excluding carboxylic acids is 1. The molecule has 13 heteroatoms. The molecule has 0 fully saturated rings. The Morgan fingerprint density at radius 1 is 0.756 bits per heavy atom. The van der Waals surface area contributed by atoms with Crippen molar-refractivity contribution in [1.82, 2.24) is 0 Å². The summed E-state index contributed by atoms with van der Waals surface area (Å²) in [5.41, 5.74) is -0.161. The third kappa shape index (κ3) is 7.10. The molecule has 0 saturated carbocycles. The molecule has 0 aliphatic heterocycles. The summed E-state index contributed by atoms with van der Waals surface area (Å²) < 4.78 is 96.9. The number of nitrogens with one attached hydrogen (secondary N) is 2. The fraction of sp³-hybridized carbons (Fsp3) is 0.0938. The van der Waals surface area contributed by atoms with Crippen LogP contribution in [0.1, 0.15) is 11.1 Å². The number of halogens is 3. The largest absolute Gasteiger partial charge is 0.416 e. The zero-order valence-electron chi connectivity index (χ0n) is 23.6. The highest BCUT2D eigenvalue weighted by Gasteiger charge is 2.33. The fourth-order valence-corrected chi connectivity index (χ4v) is 7.05. The quantitative estimate of drug-likeness (QED) is 0.182. The van der Waals surface area contributed by atoms with Crippen molar-refractivity contribution in [2.24, 2.45) is 0 Å². The van der Waals surface area contributed by atoms with Crippen LogP contribution in [-0.4, -0.2) is 29.3 Å². The minimum absolute atomic E-state index is 0.0963. The van der Waals surface area contributed by atoms with Crippen LogP contribution >= 0.6 is 0 Å². The Morgan fingerprint density at radius 3 is 2.07 bits per heavy atom. The van der Waals surface area contributed by atoms with Gasteiger partial charge in [0.15, 0.2) is 0 Å². The molecule has 2 N–H and O–H groups in total. The number of alkyl halides is 3. The third-order valence-electron chi connectivity index (χ3n) is 6.84. The molecule has 1 amide bonds. The number of amides is 1. The van der Waals surface area contributed by atoms with E-state index < -0.39 is 44.2 Å². The maximum atomic E-state index is 13.6. The highest BCUT2D eigenvalue weighted by Crippen LogP contribution is 2.33. The summed E-state index contributed by atoms with van der Waals surface area (Å²) in [4.78, 5) is 12.8. The maximum Gasteiger partial charge on any atom is 0.416 e. The average Bonchev–Trinajstić information content (AvgIpc) is 3.00. The standard InChI is InChI=1S/C32H26F3N3O5S2/c1-22-12-16-28(17-13-22)45(42,43)38(26-9-5-8-24(20-26)32(33,34)35)21-31(39)36-25-14-18-27(19-15-25)44(40,41)37-30-11-4-7-23-6-2-3-10-29(23)30/h2-20,37H,21H2,1H3,(H,36,39). The molecule has 0 spiro atoms. The molecule has 0 heterocycles. The second kappa shape index (κ2) is 12.3. The normalized spacial score (nSPS) is 12.1. The number of benzene rings is 5. The Balaban J connectivity index is 1.38. The van der Waals surface area contributed by atoms with E-state index in [4.69, 9.17) is 0 Å². The molecule has 0 bridgehead atoms. The molecule has 0 aromatic heterocycles. The highest BCUT2D eigenvalue weighted by atomic mass is 32.2. The van der Waals surface area contributed by atoms with Crippen molar-refractivity contribution >= 4 is 53.8 Å². The number of hydrogen-bond acceptors (Lipinski definition) is 5. The van der Waals surface area contributed by atoms with Gasteiger partial charge in [-0.15, -0.1) is 0 Å². The van der Waals surface area contributed by atoms with Crippen LogP contribution in [0.15, 0.2) is 125 Å². The van der Waals surface area contributed by atoms with Gasteiger partial charge in [-0.2, -0.15) is 13.2 Å². The summed E-state index contributed by atoms with van der Waals surface area (Å²) >= 11 is 0. The summed E-state index contributed by atoms with van der Waals surface area (Å²) in [6.07, 6.45) is -4.75. The smallest absolute Gasteiger partial charge is 0.325 e. The molecule has 0 atom stereocenters. The van der Waals surface area contributed by atoms with Crippen LogP contribution in [0.25, 0.3) is 10.8 Å². The molecular formula is C32H26F3N3O5S2. The zero-order chi connectivity index (χ0) is 32.4. The fourth-order valence-electron chi connectivity index (χ4n) is 4.56. The van der Waals surface area contributed by atoms with E-state index in [-0.39, 0.29) is 21.2 Å². The average molecular weight is 654 g/mol. The Morgan fingerprint density at radius 2 is 1.38 bits per heavy atom. The lowest BCUT2D eigenvalue weighted by atomic mass is 10.1. The molecule has 0 saturated heterocycles. The predicted molar refractivity (Wildman–Crippen MR) is 167 cm³/mol. The van der Waals surface area contributed by atoms with Gasteiger partial charge >= 0.3 is 6.18 Å². The molecule has 8 nitrogen and oxygen atoms in total. The van der Waals surface area contributed by atoms with Crippen molar-refractivity contribution in [3.8, 4) is 0 Å². The monoisotopic (exact) mass is 653 g/mol. The van der Waals surface area contributed by atoms with E-state index in [1.807, 2.05) is 18.2 Å². The number of anilines is 3. The van der Waals surface area contributed by atoms with Crippen LogP contribution in [-0.2, 0) is 31.0 Å². The second-order valence-corrected chi connectivity index (χ2v) is 13.6. The van der Waals surface area contributed by atoms with Crippen LogP contribution in [0.3, 0.4) is 0 Å². The number of carbonyl (C=O) groups is 1. The molecule has 5 aromatic rings. The Hall–Kier alpha value is -4.88. The van der Waals surface area contributed by atoms with Crippen molar-refractivity contribution < 1.29 is 34.8 Å². The van der Waals surface area contributed by atoms with Gasteiger partial charge < -0.3 is 5.32 Å². The number of nitrogens with zero attached hydrogens (tertiary/aromatic N) is 1. The van der Waals surface area contributed by atoms with E-state index in [0.717, 1.165) is 29.1 Å².